The summed E-state index contributed by atoms with van der Waals surface area (Å²) in [5.41, 5.74) is 1.89. The summed E-state index contributed by atoms with van der Waals surface area (Å²) in [5, 5.41) is 4.64. The number of halogens is 1. The summed E-state index contributed by atoms with van der Waals surface area (Å²) >= 11 is 7.43. The van der Waals surface area contributed by atoms with E-state index in [1.54, 1.807) is 28.8 Å². The molecule has 1 aliphatic rings. The van der Waals surface area contributed by atoms with Gasteiger partial charge in [-0.25, -0.2) is 4.98 Å². The molecule has 0 spiro atoms. The van der Waals surface area contributed by atoms with Crippen LogP contribution in [0.4, 0.5) is 0 Å². The van der Waals surface area contributed by atoms with Gasteiger partial charge in [-0.1, -0.05) is 41.6 Å². The molecule has 0 saturated carbocycles. The van der Waals surface area contributed by atoms with Gasteiger partial charge < -0.3 is 10.1 Å². The van der Waals surface area contributed by atoms with Gasteiger partial charge in [0.15, 0.2) is 5.16 Å². The molecular weight excluding hydrogens is 446 g/mol. The second kappa shape index (κ2) is 10.3. The molecule has 1 aromatic heterocycles. The summed E-state index contributed by atoms with van der Waals surface area (Å²) in [4.78, 5) is 30.4. The number of nitrogens with one attached hydrogen (secondary N) is 1. The van der Waals surface area contributed by atoms with Crippen LogP contribution < -0.4 is 10.9 Å². The molecule has 1 amide bonds. The molecule has 1 atom stereocenters. The predicted octanol–water partition coefficient (Wildman–Crippen LogP) is 4.44. The van der Waals surface area contributed by atoms with Crippen molar-refractivity contribution in [1.82, 2.24) is 14.9 Å². The zero-order valence-corrected chi connectivity index (χ0v) is 19.1. The Morgan fingerprint density at radius 1 is 1.31 bits per heavy atom. The molecule has 0 aliphatic carbocycles. The first-order valence-electron chi connectivity index (χ1n) is 10.5. The van der Waals surface area contributed by atoms with Crippen molar-refractivity contribution < 1.29 is 9.53 Å². The lowest BCUT2D eigenvalue weighted by Crippen LogP contribution is -2.31. The normalized spacial score (nSPS) is 15.7. The summed E-state index contributed by atoms with van der Waals surface area (Å²) < 4.78 is 7.16. The Kier molecular flexibility index (Phi) is 7.29. The van der Waals surface area contributed by atoms with Crippen molar-refractivity contribution >= 4 is 40.2 Å². The number of hydrogen-bond acceptors (Lipinski definition) is 5. The quantitative estimate of drug-likeness (QED) is 0.300. The maximum atomic E-state index is 13.1. The number of amides is 1. The maximum Gasteiger partial charge on any atom is 0.262 e. The number of hydrogen-bond donors (Lipinski definition) is 1. The molecule has 0 bridgehead atoms. The standard InChI is InChI=1S/C24H24ClN3O3S/c1-2-11-28-23(30)20-10-7-17(22(29)26-14-19-4-3-12-31-19)13-21(20)27-24(28)32-15-16-5-8-18(25)9-6-16/h2,5-10,13,19H,1,3-4,11-12,14-15H2,(H,26,29)/t19-/m0/s1. The third-order valence-corrected chi connectivity index (χ3v) is 6.59. The Hall–Kier alpha value is -2.61. The number of benzene rings is 2. The SMILES string of the molecule is C=CCn1c(SCc2ccc(Cl)cc2)nc2cc(C(=O)NC[C@@H]3CCCO3)ccc2c1=O. The van der Waals surface area contributed by atoms with E-state index in [-0.39, 0.29) is 17.6 Å². The summed E-state index contributed by atoms with van der Waals surface area (Å²) in [6.07, 6.45) is 3.72. The van der Waals surface area contributed by atoms with Crippen LogP contribution in [0.3, 0.4) is 0 Å². The van der Waals surface area contributed by atoms with Crippen molar-refractivity contribution in [3.8, 4) is 0 Å². The highest BCUT2D eigenvalue weighted by atomic mass is 35.5. The minimum atomic E-state index is -0.199. The van der Waals surface area contributed by atoms with Crippen LogP contribution in [0, 0.1) is 0 Å². The summed E-state index contributed by atoms with van der Waals surface area (Å²) in [5.74, 6) is 0.434. The fraction of sp³-hybridized carbons (Fsp3) is 0.292. The zero-order chi connectivity index (χ0) is 22.5. The first-order valence-corrected chi connectivity index (χ1v) is 11.8. The number of carbonyl (C=O) groups is 1. The van der Waals surface area contributed by atoms with Gasteiger partial charge in [0.25, 0.3) is 11.5 Å². The Balaban J connectivity index is 1.60. The van der Waals surface area contributed by atoms with E-state index in [2.05, 4.69) is 11.9 Å². The van der Waals surface area contributed by atoms with Gasteiger partial charge in [-0.3, -0.25) is 14.2 Å². The molecule has 1 fully saturated rings. The van der Waals surface area contributed by atoms with E-state index in [1.165, 1.54) is 11.8 Å². The highest BCUT2D eigenvalue weighted by molar-refractivity contribution is 7.98. The van der Waals surface area contributed by atoms with Gasteiger partial charge in [0.2, 0.25) is 0 Å². The lowest BCUT2D eigenvalue weighted by molar-refractivity contribution is 0.0858. The van der Waals surface area contributed by atoms with Gasteiger partial charge >= 0.3 is 0 Å². The van der Waals surface area contributed by atoms with Crippen LogP contribution in [-0.2, 0) is 17.0 Å². The largest absolute Gasteiger partial charge is 0.376 e. The number of rotatable bonds is 8. The molecule has 32 heavy (non-hydrogen) atoms. The first-order chi connectivity index (χ1) is 15.5. The number of fused-ring (bicyclic) bond motifs is 1. The van der Waals surface area contributed by atoms with Gasteiger partial charge in [-0.05, 0) is 48.7 Å². The third-order valence-electron chi connectivity index (χ3n) is 5.29. The molecule has 166 valence electrons. The summed E-state index contributed by atoms with van der Waals surface area (Å²) in [6.45, 7) is 5.34. The molecule has 0 unspecified atom stereocenters. The minimum absolute atomic E-state index is 0.0690. The molecule has 2 heterocycles. The van der Waals surface area contributed by atoms with E-state index < -0.39 is 0 Å². The number of aromatic nitrogens is 2. The van der Waals surface area contributed by atoms with Gasteiger partial charge in [-0.2, -0.15) is 0 Å². The van der Waals surface area contributed by atoms with E-state index in [0.717, 1.165) is 25.0 Å². The molecule has 4 rings (SSSR count). The zero-order valence-electron chi connectivity index (χ0n) is 17.6. The Morgan fingerprint density at radius 3 is 2.84 bits per heavy atom. The van der Waals surface area contributed by atoms with E-state index in [1.807, 2.05) is 24.3 Å². The fourth-order valence-corrected chi connectivity index (χ4v) is 4.68. The molecule has 6 nitrogen and oxygen atoms in total. The van der Waals surface area contributed by atoms with Crippen LogP contribution in [-0.4, -0.2) is 34.7 Å². The summed E-state index contributed by atoms with van der Waals surface area (Å²) in [6, 6.07) is 12.6. The average Bonchev–Trinajstić information content (AvgIpc) is 3.32. The molecule has 1 aliphatic heterocycles. The number of thioether (sulfide) groups is 1. The Labute approximate surface area is 195 Å². The topological polar surface area (TPSA) is 73.2 Å². The van der Waals surface area contributed by atoms with Crippen molar-refractivity contribution in [3.05, 3.63) is 81.6 Å². The number of carbonyl (C=O) groups excluding carboxylic acids is 1. The van der Waals surface area contributed by atoms with Crippen LogP contribution >= 0.6 is 23.4 Å². The smallest absolute Gasteiger partial charge is 0.262 e. The lowest BCUT2D eigenvalue weighted by atomic mass is 10.1. The molecule has 0 radical (unpaired) electrons. The van der Waals surface area contributed by atoms with Crippen LogP contribution in [0.1, 0.15) is 28.8 Å². The van der Waals surface area contributed by atoms with Crippen LogP contribution in [0.15, 0.2) is 65.1 Å². The number of allylic oxidation sites excluding steroid dienone is 1. The van der Waals surface area contributed by atoms with Gasteiger partial charge in [0.05, 0.1) is 17.0 Å². The first kappa shape index (κ1) is 22.6. The second-order valence-corrected chi connectivity index (χ2v) is 8.97. The Morgan fingerprint density at radius 2 is 2.12 bits per heavy atom. The van der Waals surface area contributed by atoms with Crippen molar-refractivity contribution in [2.45, 2.75) is 36.4 Å². The van der Waals surface area contributed by atoms with E-state index in [9.17, 15) is 9.59 Å². The summed E-state index contributed by atoms with van der Waals surface area (Å²) in [7, 11) is 0. The molecule has 8 heteroatoms. The molecule has 1 N–H and O–H groups in total. The lowest BCUT2D eigenvalue weighted by Gasteiger charge is -2.13. The monoisotopic (exact) mass is 469 g/mol. The van der Waals surface area contributed by atoms with E-state index in [0.29, 0.717) is 45.5 Å². The van der Waals surface area contributed by atoms with Gasteiger partial charge in [0.1, 0.15) is 0 Å². The van der Waals surface area contributed by atoms with Crippen molar-refractivity contribution in [3.63, 3.8) is 0 Å². The highest BCUT2D eigenvalue weighted by Crippen LogP contribution is 2.23. The van der Waals surface area contributed by atoms with Crippen molar-refractivity contribution in [2.75, 3.05) is 13.2 Å². The molecule has 3 aromatic rings. The van der Waals surface area contributed by atoms with E-state index >= 15 is 0 Å². The number of nitrogens with zero attached hydrogens (tertiary/aromatic N) is 2. The van der Waals surface area contributed by atoms with Gasteiger partial charge in [0, 0.05) is 36.0 Å². The molecule has 2 aromatic carbocycles. The predicted molar refractivity (Wildman–Crippen MR) is 129 cm³/mol. The van der Waals surface area contributed by atoms with Gasteiger partial charge in [-0.15, -0.1) is 6.58 Å². The van der Waals surface area contributed by atoms with Crippen molar-refractivity contribution in [1.29, 1.82) is 0 Å². The van der Waals surface area contributed by atoms with Crippen LogP contribution in [0.2, 0.25) is 5.02 Å². The van der Waals surface area contributed by atoms with Crippen LogP contribution in [0.25, 0.3) is 10.9 Å². The fourth-order valence-electron chi connectivity index (χ4n) is 3.58. The average molecular weight is 470 g/mol. The molecule has 1 saturated heterocycles. The van der Waals surface area contributed by atoms with Crippen molar-refractivity contribution in [2.24, 2.45) is 0 Å². The highest BCUT2D eigenvalue weighted by Gasteiger charge is 2.18. The third kappa shape index (κ3) is 5.23. The van der Waals surface area contributed by atoms with Crippen LogP contribution in [0.5, 0.6) is 0 Å². The maximum absolute atomic E-state index is 13.1. The Bertz CT molecular complexity index is 1190. The minimum Gasteiger partial charge on any atom is -0.376 e. The van der Waals surface area contributed by atoms with E-state index in [4.69, 9.17) is 21.3 Å². The molecular formula is C24H24ClN3O3S. The number of ether oxygens (including phenoxy) is 1. The second-order valence-electron chi connectivity index (χ2n) is 7.59.